The van der Waals surface area contributed by atoms with Crippen LogP contribution in [0, 0.1) is 11.3 Å². The molecule has 0 saturated heterocycles. The van der Waals surface area contributed by atoms with Gasteiger partial charge in [0.05, 0.1) is 5.41 Å². The third-order valence-electron chi connectivity index (χ3n) is 3.56. The predicted octanol–water partition coefficient (Wildman–Crippen LogP) is 0.553. The first kappa shape index (κ1) is 17.2. The number of nitrogens with one attached hydrogen (secondary N) is 1. The molecule has 1 aliphatic rings. The van der Waals surface area contributed by atoms with Crippen LogP contribution in [0.5, 0.6) is 0 Å². The summed E-state index contributed by atoms with van der Waals surface area (Å²) in [7, 11) is 0. The Hall–Kier alpha value is -0.810. The maximum atomic E-state index is 11.7. The van der Waals surface area contributed by atoms with Gasteiger partial charge in [-0.25, -0.2) is 0 Å². The molecule has 2 amide bonds. The minimum absolute atomic E-state index is 0. The molecule has 5 N–H and O–H groups in total. The number of hydrogen-bond donors (Lipinski definition) is 3. The molecule has 0 aromatic heterocycles. The van der Waals surface area contributed by atoms with E-state index in [1.165, 1.54) is 0 Å². The zero-order chi connectivity index (χ0) is 13.1. The molecule has 0 aliphatic heterocycles. The van der Waals surface area contributed by atoms with E-state index in [-0.39, 0.29) is 36.8 Å². The Morgan fingerprint density at radius 3 is 2.39 bits per heavy atom. The van der Waals surface area contributed by atoms with Crippen LogP contribution in [0.15, 0.2) is 0 Å². The Balaban J connectivity index is 0.00000289. The molecular formula is C12H24ClN3O2. The topological polar surface area (TPSA) is 98.2 Å². The van der Waals surface area contributed by atoms with E-state index in [0.717, 1.165) is 19.3 Å². The van der Waals surface area contributed by atoms with Gasteiger partial charge in [0.2, 0.25) is 11.8 Å². The first-order valence-corrected chi connectivity index (χ1v) is 6.15. The second-order valence-electron chi connectivity index (χ2n) is 5.58. The van der Waals surface area contributed by atoms with Crippen LogP contribution < -0.4 is 16.8 Å². The summed E-state index contributed by atoms with van der Waals surface area (Å²) >= 11 is 0. The molecule has 2 atom stereocenters. The number of primary amides is 1. The molecule has 1 fully saturated rings. The summed E-state index contributed by atoms with van der Waals surface area (Å²) in [6, 6.07) is 0.143. The van der Waals surface area contributed by atoms with Gasteiger partial charge in [-0.1, -0.05) is 6.42 Å². The first-order chi connectivity index (χ1) is 7.83. The van der Waals surface area contributed by atoms with Gasteiger partial charge >= 0.3 is 0 Å². The number of halogens is 1. The molecule has 106 valence electrons. The molecule has 1 rings (SSSR count). The van der Waals surface area contributed by atoms with Crippen LogP contribution in [0.3, 0.4) is 0 Å². The van der Waals surface area contributed by atoms with Crippen molar-refractivity contribution in [1.29, 1.82) is 0 Å². The lowest BCUT2D eigenvalue weighted by Gasteiger charge is -2.22. The largest absolute Gasteiger partial charge is 0.369 e. The highest BCUT2D eigenvalue weighted by Crippen LogP contribution is 2.26. The summed E-state index contributed by atoms with van der Waals surface area (Å²) in [6.07, 6.45) is 3.58. The van der Waals surface area contributed by atoms with E-state index in [9.17, 15) is 9.59 Å². The zero-order valence-electron chi connectivity index (χ0n) is 11.1. The molecule has 0 spiro atoms. The molecule has 1 aliphatic carbocycles. The van der Waals surface area contributed by atoms with Gasteiger partial charge in [0.15, 0.2) is 0 Å². The molecule has 6 heteroatoms. The van der Waals surface area contributed by atoms with E-state index >= 15 is 0 Å². The molecular weight excluding hydrogens is 254 g/mol. The first-order valence-electron chi connectivity index (χ1n) is 6.15. The van der Waals surface area contributed by atoms with Crippen LogP contribution in [0.2, 0.25) is 0 Å². The number of carbonyl (C=O) groups is 2. The lowest BCUT2D eigenvalue weighted by Crippen LogP contribution is -2.43. The van der Waals surface area contributed by atoms with E-state index in [1.807, 2.05) is 0 Å². The van der Waals surface area contributed by atoms with Crippen LogP contribution in [-0.4, -0.2) is 24.4 Å². The Morgan fingerprint density at radius 2 is 1.94 bits per heavy atom. The summed E-state index contributed by atoms with van der Waals surface area (Å²) in [5, 5.41) is 2.76. The van der Waals surface area contributed by atoms with Gasteiger partial charge in [-0.3, -0.25) is 9.59 Å². The lowest BCUT2D eigenvalue weighted by molar-refractivity contribution is -0.127. The van der Waals surface area contributed by atoms with Crippen molar-refractivity contribution < 1.29 is 9.59 Å². The molecule has 0 aromatic rings. The van der Waals surface area contributed by atoms with Crippen molar-refractivity contribution >= 4 is 24.2 Å². The van der Waals surface area contributed by atoms with Gasteiger partial charge in [0.25, 0.3) is 0 Å². The van der Waals surface area contributed by atoms with Crippen LogP contribution in [0.1, 0.15) is 39.5 Å². The third-order valence-corrected chi connectivity index (χ3v) is 3.56. The van der Waals surface area contributed by atoms with Gasteiger partial charge in [-0.05, 0) is 32.6 Å². The minimum Gasteiger partial charge on any atom is -0.369 e. The van der Waals surface area contributed by atoms with Crippen molar-refractivity contribution in [2.24, 2.45) is 22.8 Å². The van der Waals surface area contributed by atoms with Crippen molar-refractivity contribution in [3.05, 3.63) is 0 Å². The number of amides is 2. The summed E-state index contributed by atoms with van der Waals surface area (Å²) in [4.78, 5) is 22.8. The van der Waals surface area contributed by atoms with Gasteiger partial charge in [0.1, 0.15) is 0 Å². The van der Waals surface area contributed by atoms with E-state index in [2.05, 4.69) is 5.32 Å². The van der Waals surface area contributed by atoms with E-state index in [0.29, 0.717) is 6.42 Å². The fraction of sp³-hybridized carbons (Fsp3) is 0.833. The highest BCUT2D eigenvalue weighted by Gasteiger charge is 2.28. The zero-order valence-corrected chi connectivity index (χ0v) is 11.9. The molecule has 0 aromatic carbocycles. The lowest BCUT2D eigenvalue weighted by atomic mass is 9.92. The Morgan fingerprint density at radius 1 is 1.33 bits per heavy atom. The predicted molar refractivity (Wildman–Crippen MR) is 73.2 cm³/mol. The van der Waals surface area contributed by atoms with E-state index in [1.54, 1.807) is 13.8 Å². The quantitative estimate of drug-likeness (QED) is 0.684. The maximum absolute atomic E-state index is 11.7. The van der Waals surface area contributed by atoms with Gasteiger partial charge in [-0.2, -0.15) is 0 Å². The highest BCUT2D eigenvalue weighted by molar-refractivity contribution is 5.85. The number of rotatable bonds is 5. The Bertz CT molecular complexity index is 308. The third kappa shape index (κ3) is 4.82. The SMILES string of the molecule is CC(C)(CNC(=O)C[C@@H]1CCC[C@H]1N)C(N)=O.Cl. The van der Waals surface area contributed by atoms with Crippen molar-refractivity contribution in [2.45, 2.75) is 45.6 Å². The van der Waals surface area contributed by atoms with Crippen molar-refractivity contribution in [1.82, 2.24) is 5.32 Å². The maximum Gasteiger partial charge on any atom is 0.224 e. The highest BCUT2D eigenvalue weighted by atomic mass is 35.5. The molecule has 0 unspecified atom stereocenters. The fourth-order valence-electron chi connectivity index (χ4n) is 2.04. The fourth-order valence-corrected chi connectivity index (χ4v) is 2.04. The summed E-state index contributed by atoms with van der Waals surface area (Å²) in [6.45, 7) is 3.72. The van der Waals surface area contributed by atoms with Crippen molar-refractivity contribution in [3.63, 3.8) is 0 Å². The number of nitrogens with two attached hydrogens (primary N) is 2. The monoisotopic (exact) mass is 277 g/mol. The molecule has 1 saturated carbocycles. The van der Waals surface area contributed by atoms with Gasteiger partial charge in [0, 0.05) is 19.0 Å². The second kappa shape index (κ2) is 6.95. The molecule has 0 radical (unpaired) electrons. The normalized spacial score (nSPS) is 23.3. The van der Waals surface area contributed by atoms with Gasteiger partial charge in [-0.15, -0.1) is 12.4 Å². The van der Waals surface area contributed by atoms with Crippen molar-refractivity contribution in [2.75, 3.05) is 6.54 Å². The van der Waals surface area contributed by atoms with Gasteiger partial charge < -0.3 is 16.8 Å². The average Bonchev–Trinajstić information content (AvgIpc) is 2.61. The van der Waals surface area contributed by atoms with Crippen LogP contribution in [0.4, 0.5) is 0 Å². The molecule has 18 heavy (non-hydrogen) atoms. The Labute approximate surface area is 114 Å². The second-order valence-corrected chi connectivity index (χ2v) is 5.58. The van der Waals surface area contributed by atoms with Crippen molar-refractivity contribution in [3.8, 4) is 0 Å². The van der Waals surface area contributed by atoms with E-state index in [4.69, 9.17) is 11.5 Å². The van der Waals surface area contributed by atoms with Crippen LogP contribution in [0.25, 0.3) is 0 Å². The standard InChI is InChI=1S/C12H23N3O2.ClH/c1-12(2,11(14)17)7-15-10(16)6-8-4-3-5-9(8)13;/h8-9H,3-7,13H2,1-2H3,(H2,14,17)(H,15,16);1H/t8-,9+;/m0./s1. The summed E-state index contributed by atoms with van der Waals surface area (Å²) < 4.78 is 0. The average molecular weight is 278 g/mol. The summed E-state index contributed by atoms with van der Waals surface area (Å²) in [5.41, 5.74) is 10.4. The van der Waals surface area contributed by atoms with Crippen LogP contribution >= 0.6 is 12.4 Å². The molecule has 5 nitrogen and oxygen atoms in total. The number of hydrogen-bond acceptors (Lipinski definition) is 3. The van der Waals surface area contributed by atoms with E-state index < -0.39 is 11.3 Å². The Kier molecular flexibility index (Phi) is 6.63. The molecule has 0 heterocycles. The number of carbonyl (C=O) groups excluding carboxylic acids is 2. The summed E-state index contributed by atoms with van der Waals surface area (Å²) in [5.74, 6) is -0.163. The molecule has 0 bridgehead atoms. The minimum atomic E-state index is -0.701. The smallest absolute Gasteiger partial charge is 0.224 e. The van der Waals surface area contributed by atoms with Crippen LogP contribution in [-0.2, 0) is 9.59 Å².